The maximum Gasteiger partial charge on any atom is 0.240 e. The number of imidazole rings is 1. The van der Waals surface area contributed by atoms with Gasteiger partial charge in [-0.3, -0.25) is 4.79 Å². The fourth-order valence-corrected chi connectivity index (χ4v) is 2.19. The highest BCUT2D eigenvalue weighted by atomic mass is 16.3. The number of hydrogen-bond acceptors (Lipinski definition) is 3. The van der Waals surface area contributed by atoms with Gasteiger partial charge in [-0.1, -0.05) is 19.4 Å². The van der Waals surface area contributed by atoms with Crippen molar-refractivity contribution >= 4 is 16.9 Å². The number of rotatable bonds is 6. The van der Waals surface area contributed by atoms with Crippen LogP contribution >= 0.6 is 0 Å². The van der Waals surface area contributed by atoms with Crippen LogP contribution in [0.1, 0.15) is 31.2 Å². The van der Waals surface area contributed by atoms with Crippen molar-refractivity contribution in [2.24, 2.45) is 0 Å². The number of unbranched alkanes of at least 4 members (excludes halogenated alkanes) is 1. The zero-order valence-corrected chi connectivity index (χ0v) is 12.0. The Hall–Kier alpha value is -1.88. The highest BCUT2D eigenvalue weighted by molar-refractivity contribution is 5.81. The Balaban J connectivity index is 2.21. The molecule has 5 nitrogen and oxygen atoms in total. The Morgan fingerprint density at radius 1 is 1.45 bits per heavy atom. The molecule has 0 bridgehead atoms. The summed E-state index contributed by atoms with van der Waals surface area (Å²) in [7, 11) is 0. The van der Waals surface area contributed by atoms with Crippen LogP contribution in [0.15, 0.2) is 18.2 Å². The number of benzene rings is 1. The second-order valence-electron chi connectivity index (χ2n) is 4.97. The summed E-state index contributed by atoms with van der Waals surface area (Å²) in [4.78, 5) is 16.3. The molecular formula is C15H21N3O2. The van der Waals surface area contributed by atoms with Gasteiger partial charge in [-0.2, -0.15) is 0 Å². The van der Waals surface area contributed by atoms with E-state index in [0.717, 1.165) is 29.4 Å². The molecule has 108 valence electrons. The number of aliphatic hydroxyl groups excluding tert-OH is 1. The topological polar surface area (TPSA) is 67.2 Å². The van der Waals surface area contributed by atoms with Crippen LogP contribution in [0.2, 0.25) is 0 Å². The lowest BCUT2D eigenvalue weighted by molar-refractivity contribution is -0.121. The monoisotopic (exact) mass is 275 g/mol. The Kier molecular flexibility index (Phi) is 4.74. The van der Waals surface area contributed by atoms with E-state index in [4.69, 9.17) is 0 Å². The molecule has 0 aliphatic rings. The maximum atomic E-state index is 11.9. The fraction of sp³-hybridized carbons (Fsp3) is 0.467. The molecule has 0 radical (unpaired) electrons. The van der Waals surface area contributed by atoms with Gasteiger partial charge in [-0.25, -0.2) is 4.98 Å². The lowest BCUT2D eigenvalue weighted by atomic mass is 10.2. The van der Waals surface area contributed by atoms with Crippen molar-refractivity contribution in [3.63, 3.8) is 0 Å². The zero-order valence-electron chi connectivity index (χ0n) is 12.0. The van der Waals surface area contributed by atoms with Crippen molar-refractivity contribution in [3.8, 4) is 0 Å². The van der Waals surface area contributed by atoms with Gasteiger partial charge in [0, 0.05) is 6.54 Å². The summed E-state index contributed by atoms with van der Waals surface area (Å²) < 4.78 is 1.77. The van der Waals surface area contributed by atoms with Gasteiger partial charge in [0.05, 0.1) is 11.0 Å². The van der Waals surface area contributed by atoms with Crippen LogP contribution in [0.5, 0.6) is 0 Å². The van der Waals surface area contributed by atoms with Crippen molar-refractivity contribution in [2.45, 2.75) is 39.8 Å². The van der Waals surface area contributed by atoms with Gasteiger partial charge in [0.15, 0.2) is 0 Å². The molecule has 0 aliphatic heterocycles. The number of nitrogens with zero attached hydrogens (tertiary/aromatic N) is 2. The summed E-state index contributed by atoms with van der Waals surface area (Å²) in [5.41, 5.74) is 2.81. The molecular weight excluding hydrogens is 254 g/mol. The number of carbonyl (C=O) groups is 1. The molecule has 5 heteroatoms. The third-order valence-corrected chi connectivity index (χ3v) is 3.28. The average Bonchev–Trinajstić information content (AvgIpc) is 2.76. The molecule has 0 fully saturated rings. The van der Waals surface area contributed by atoms with E-state index < -0.39 is 0 Å². The largest absolute Gasteiger partial charge is 0.388 e. The SMILES string of the molecule is CCCCNC(=O)Cn1c(CO)nc2cc(C)ccc21. The molecule has 2 N–H and O–H groups in total. The van der Waals surface area contributed by atoms with Crippen molar-refractivity contribution < 1.29 is 9.90 Å². The van der Waals surface area contributed by atoms with Crippen molar-refractivity contribution in [3.05, 3.63) is 29.6 Å². The number of aryl methyl sites for hydroxylation is 1. The van der Waals surface area contributed by atoms with Crippen molar-refractivity contribution in [1.82, 2.24) is 14.9 Å². The Morgan fingerprint density at radius 3 is 2.95 bits per heavy atom. The minimum absolute atomic E-state index is 0.0481. The molecule has 20 heavy (non-hydrogen) atoms. The molecule has 1 aromatic heterocycles. The number of fused-ring (bicyclic) bond motifs is 1. The molecule has 1 heterocycles. The van der Waals surface area contributed by atoms with Crippen LogP contribution in [0.3, 0.4) is 0 Å². The molecule has 0 atom stereocenters. The quantitative estimate of drug-likeness (QED) is 0.789. The second-order valence-corrected chi connectivity index (χ2v) is 4.97. The summed E-state index contributed by atoms with van der Waals surface area (Å²) >= 11 is 0. The molecule has 0 saturated heterocycles. The Bertz CT molecular complexity index is 604. The summed E-state index contributed by atoms with van der Waals surface area (Å²) in [6.45, 7) is 4.79. The molecule has 0 aliphatic carbocycles. The lowest BCUT2D eigenvalue weighted by Gasteiger charge is -2.08. The van der Waals surface area contributed by atoms with E-state index in [1.54, 1.807) is 4.57 Å². The molecule has 1 aromatic carbocycles. The molecule has 0 unspecified atom stereocenters. The first-order chi connectivity index (χ1) is 9.65. The molecule has 2 aromatic rings. The summed E-state index contributed by atoms with van der Waals surface area (Å²) in [5, 5.41) is 12.3. The van der Waals surface area contributed by atoms with E-state index in [2.05, 4.69) is 17.2 Å². The number of amides is 1. The van der Waals surface area contributed by atoms with Crippen LogP contribution < -0.4 is 5.32 Å². The normalized spacial score (nSPS) is 10.9. The molecule has 0 saturated carbocycles. The predicted molar refractivity (Wildman–Crippen MR) is 78.3 cm³/mol. The van der Waals surface area contributed by atoms with Gasteiger partial charge in [0.1, 0.15) is 19.0 Å². The summed E-state index contributed by atoms with van der Waals surface area (Å²) in [6.07, 6.45) is 2.03. The van der Waals surface area contributed by atoms with E-state index >= 15 is 0 Å². The molecule has 1 amide bonds. The Morgan fingerprint density at radius 2 is 2.25 bits per heavy atom. The van der Waals surface area contributed by atoms with E-state index in [1.807, 2.05) is 25.1 Å². The third kappa shape index (κ3) is 3.17. The summed E-state index contributed by atoms with van der Waals surface area (Å²) in [5.74, 6) is 0.476. The highest BCUT2D eigenvalue weighted by Gasteiger charge is 2.12. The lowest BCUT2D eigenvalue weighted by Crippen LogP contribution is -2.29. The van der Waals surface area contributed by atoms with Gasteiger partial charge in [0.25, 0.3) is 0 Å². The van der Waals surface area contributed by atoms with E-state index in [9.17, 15) is 9.90 Å². The van der Waals surface area contributed by atoms with E-state index in [0.29, 0.717) is 12.4 Å². The van der Waals surface area contributed by atoms with Gasteiger partial charge in [-0.15, -0.1) is 0 Å². The van der Waals surface area contributed by atoms with Gasteiger partial charge >= 0.3 is 0 Å². The predicted octanol–water partition coefficient (Wildman–Crippen LogP) is 1.75. The number of hydrogen-bond donors (Lipinski definition) is 2. The third-order valence-electron chi connectivity index (χ3n) is 3.28. The standard InChI is InChI=1S/C15H21N3O2/c1-3-4-7-16-15(20)9-18-13-6-5-11(2)8-12(13)17-14(18)10-19/h5-6,8,19H,3-4,7,9-10H2,1-2H3,(H,16,20). The van der Waals surface area contributed by atoms with Crippen LogP contribution in [0.25, 0.3) is 11.0 Å². The van der Waals surface area contributed by atoms with Crippen LogP contribution in [0, 0.1) is 6.92 Å². The first-order valence-electron chi connectivity index (χ1n) is 6.99. The number of aromatic nitrogens is 2. The smallest absolute Gasteiger partial charge is 0.240 e. The average molecular weight is 275 g/mol. The van der Waals surface area contributed by atoms with E-state index in [-0.39, 0.29) is 19.1 Å². The minimum Gasteiger partial charge on any atom is -0.388 e. The second kappa shape index (κ2) is 6.52. The molecule has 0 spiro atoms. The molecule has 2 rings (SSSR count). The van der Waals surface area contributed by atoms with Crippen LogP contribution in [0.4, 0.5) is 0 Å². The Labute approximate surface area is 118 Å². The van der Waals surface area contributed by atoms with Crippen LogP contribution in [-0.4, -0.2) is 27.1 Å². The fourth-order valence-electron chi connectivity index (χ4n) is 2.19. The first kappa shape index (κ1) is 14.5. The number of nitrogens with one attached hydrogen (secondary N) is 1. The van der Waals surface area contributed by atoms with Crippen LogP contribution in [-0.2, 0) is 17.9 Å². The van der Waals surface area contributed by atoms with E-state index in [1.165, 1.54) is 0 Å². The van der Waals surface area contributed by atoms with Gasteiger partial charge in [-0.05, 0) is 31.0 Å². The minimum atomic E-state index is -0.171. The summed E-state index contributed by atoms with van der Waals surface area (Å²) in [6, 6.07) is 5.88. The van der Waals surface area contributed by atoms with Crippen molar-refractivity contribution in [2.75, 3.05) is 6.54 Å². The first-order valence-corrected chi connectivity index (χ1v) is 6.99. The zero-order chi connectivity index (χ0) is 14.5. The number of aliphatic hydroxyl groups is 1. The highest BCUT2D eigenvalue weighted by Crippen LogP contribution is 2.17. The maximum absolute atomic E-state index is 11.9. The van der Waals surface area contributed by atoms with Gasteiger partial charge in [0.2, 0.25) is 5.91 Å². The van der Waals surface area contributed by atoms with Gasteiger partial charge < -0.3 is 15.0 Å². The van der Waals surface area contributed by atoms with Crippen molar-refractivity contribution in [1.29, 1.82) is 0 Å². The number of carbonyl (C=O) groups excluding carboxylic acids is 1.